The summed E-state index contributed by atoms with van der Waals surface area (Å²) in [6, 6.07) is 3.37. The molecule has 10 heteroatoms. The minimum Gasteiger partial charge on any atom is -0.480 e. The van der Waals surface area contributed by atoms with Gasteiger partial charge in [-0.15, -0.1) is 0 Å². The molecule has 0 saturated carbocycles. The van der Waals surface area contributed by atoms with Gasteiger partial charge in [0.15, 0.2) is 5.82 Å². The molecule has 0 fully saturated rings. The normalized spacial score (nSPS) is 10.1. The molecule has 0 atom stereocenters. The molecule has 146 valence electrons. The van der Waals surface area contributed by atoms with Crippen LogP contribution < -0.4 is 15.8 Å². The van der Waals surface area contributed by atoms with Gasteiger partial charge in [0.25, 0.3) is 5.91 Å². The van der Waals surface area contributed by atoms with E-state index in [1.165, 1.54) is 31.8 Å². The topological polar surface area (TPSA) is 103 Å². The van der Waals surface area contributed by atoms with Gasteiger partial charge in [0.1, 0.15) is 11.4 Å². The standard InChI is InChI=1S/C19H12ClF2N5O2/c1-29-18-13(6-11(20)9-24-18)17(28)27-15-5-4-14(21)12(16(15)22)3-2-10-7-25-19(23)26-8-10/h4-9H,1H3,(H,27,28)(H2,23,25,26). The van der Waals surface area contributed by atoms with Gasteiger partial charge >= 0.3 is 0 Å². The highest BCUT2D eigenvalue weighted by Gasteiger charge is 2.18. The van der Waals surface area contributed by atoms with Crippen molar-refractivity contribution in [2.75, 3.05) is 18.2 Å². The van der Waals surface area contributed by atoms with Crippen molar-refractivity contribution in [3.05, 3.63) is 70.1 Å². The summed E-state index contributed by atoms with van der Waals surface area (Å²) >= 11 is 5.85. The van der Waals surface area contributed by atoms with Crippen LogP contribution >= 0.6 is 11.6 Å². The molecular formula is C19H12ClF2N5O2. The summed E-state index contributed by atoms with van der Waals surface area (Å²) in [6.45, 7) is 0. The zero-order chi connectivity index (χ0) is 21.0. The molecule has 0 aliphatic carbocycles. The third-order valence-electron chi connectivity index (χ3n) is 3.60. The molecule has 0 aliphatic rings. The number of carbonyl (C=O) groups excluding carboxylic acids is 1. The van der Waals surface area contributed by atoms with Crippen LogP contribution in [0.15, 0.2) is 36.8 Å². The lowest BCUT2D eigenvalue weighted by atomic mass is 10.1. The SMILES string of the molecule is COc1ncc(Cl)cc1C(=O)Nc1ccc(F)c(C#Cc2cnc(N)nc2)c1F. The first-order chi connectivity index (χ1) is 13.9. The molecule has 0 bridgehead atoms. The summed E-state index contributed by atoms with van der Waals surface area (Å²) in [7, 11) is 1.32. The zero-order valence-corrected chi connectivity index (χ0v) is 15.6. The smallest absolute Gasteiger partial charge is 0.261 e. The van der Waals surface area contributed by atoms with Crippen LogP contribution in [-0.4, -0.2) is 28.0 Å². The fourth-order valence-corrected chi connectivity index (χ4v) is 2.40. The Labute approximate surface area is 168 Å². The maximum absolute atomic E-state index is 14.8. The number of aromatic nitrogens is 3. The van der Waals surface area contributed by atoms with Gasteiger partial charge in [-0.25, -0.2) is 23.7 Å². The van der Waals surface area contributed by atoms with Crippen LogP contribution in [0.1, 0.15) is 21.5 Å². The van der Waals surface area contributed by atoms with Crippen molar-refractivity contribution in [2.24, 2.45) is 0 Å². The van der Waals surface area contributed by atoms with Crippen LogP contribution in [0.4, 0.5) is 20.4 Å². The lowest BCUT2D eigenvalue weighted by Gasteiger charge is -2.10. The van der Waals surface area contributed by atoms with Gasteiger partial charge in [0.2, 0.25) is 11.8 Å². The van der Waals surface area contributed by atoms with Gasteiger partial charge in [-0.05, 0) is 18.2 Å². The van der Waals surface area contributed by atoms with Crippen molar-refractivity contribution in [2.45, 2.75) is 0 Å². The molecule has 1 aromatic carbocycles. The van der Waals surface area contributed by atoms with E-state index in [1.54, 1.807) is 0 Å². The maximum atomic E-state index is 14.8. The number of benzene rings is 1. The summed E-state index contributed by atoms with van der Waals surface area (Å²) in [6.07, 6.45) is 3.93. The molecule has 3 N–H and O–H groups in total. The van der Waals surface area contributed by atoms with Crippen molar-refractivity contribution >= 4 is 29.1 Å². The first-order valence-corrected chi connectivity index (χ1v) is 8.35. The number of pyridine rings is 1. The number of nitrogens with one attached hydrogen (secondary N) is 1. The molecule has 0 saturated heterocycles. The molecule has 29 heavy (non-hydrogen) atoms. The number of hydrogen-bond acceptors (Lipinski definition) is 6. The van der Waals surface area contributed by atoms with Gasteiger partial charge in [0.05, 0.1) is 28.9 Å². The number of nitrogens with zero attached hydrogens (tertiary/aromatic N) is 3. The second-order valence-corrected chi connectivity index (χ2v) is 5.96. The summed E-state index contributed by atoms with van der Waals surface area (Å²) < 4.78 is 33.8. The molecule has 1 amide bonds. The number of rotatable bonds is 3. The third-order valence-corrected chi connectivity index (χ3v) is 3.81. The third kappa shape index (κ3) is 4.56. The highest BCUT2D eigenvalue weighted by Crippen LogP contribution is 2.24. The van der Waals surface area contributed by atoms with Crippen molar-refractivity contribution < 1.29 is 18.3 Å². The fraction of sp³-hybridized carbons (Fsp3) is 0.0526. The van der Waals surface area contributed by atoms with E-state index in [1.807, 2.05) is 0 Å². The van der Waals surface area contributed by atoms with Crippen molar-refractivity contribution in [3.63, 3.8) is 0 Å². The van der Waals surface area contributed by atoms with E-state index >= 15 is 0 Å². The molecule has 3 rings (SSSR count). The molecular weight excluding hydrogens is 404 g/mol. The Morgan fingerprint density at radius 3 is 2.59 bits per heavy atom. The molecule has 0 radical (unpaired) electrons. The number of carbonyl (C=O) groups is 1. The summed E-state index contributed by atoms with van der Waals surface area (Å²) in [5.41, 5.74) is 4.85. The Kier molecular flexibility index (Phi) is 5.85. The van der Waals surface area contributed by atoms with Crippen LogP contribution in [-0.2, 0) is 0 Å². The van der Waals surface area contributed by atoms with Crippen LogP contribution in [0.2, 0.25) is 5.02 Å². The van der Waals surface area contributed by atoms with Gasteiger partial charge in [-0.3, -0.25) is 4.79 Å². The van der Waals surface area contributed by atoms with E-state index < -0.39 is 23.1 Å². The van der Waals surface area contributed by atoms with E-state index in [0.717, 1.165) is 12.1 Å². The summed E-state index contributed by atoms with van der Waals surface area (Å²) in [5.74, 6) is 2.27. The average Bonchev–Trinajstić information content (AvgIpc) is 2.71. The van der Waals surface area contributed by atoms with E-state index in [2.05, 4.69) is 32.1 Å². The van der Waals surface area contributed by atoms with Crippen LogP contribution in [0, 0.1) is 23.5 Å². The number of hydrogen-bond donors (Lipinski definition) is 2. The van der Waals surface area contributed by atoms with E-state index in [9.17, 15) is 13.6 Å². The Balaban J connectivity index is 1.92. The highest BCUT2D eigenvalue weighted by molar-refractivity contribution is 6.31. The number of anilines is 2. The lowest BCUT2D eigenvalue weighted by molar-refractivity contribution is 0.102. The maximum Gasteiger partial charge on any atom is 0.261 e. The molecule has 0 spiro atoms. The molecule has 3 aromatic rings. The van der Waals surface area contributed by atoms with Crippen LogP contribution in [0.25, 0.3) is 0 Å². The van der Waals surface area contributed by atoms with Gasteiger partial charge in [-0.2, -0.15) is 0 Å². The second kappa shape index (κ2) is 8.50. The first-order valence-electron chi connectivity index (χ1n) is 7.97. The van der Waals surface area contributed by atoms with Gasteiger partial charge in [0, 0.05) is 18.6 Å². The minimum absolute atomic E-state index is 0.00205. The number of nitrogen functional groups attached to an aromatic ring is 1. The number of ether oxygens (including phenoxy) is 1. The monoisotopic (exact) mass is 415 g/mol. The number of methoxy groups -OCH3 is 1. The predicted octanol–water partition coefficient (Wildman–Crippen LogP) is 3.05. The molecule has 0 aliphatic heterocycles. The molecule has 2 aromatic heterocycles. The largest absolute Gasteiger partial charge is 0.480 e. The van der Waals surface area contributed by atoms with Gasteiger partial charge in [-0.1, -0.05) is 23.4 Å². The number of amides is 1. The Morgan fingerprint density at radius 2 is 1.90 bits per heavy atom. The molecule has 7 nitrogen and oxygen atoms in total. The quantitative estimate of drug-likeness (QED) is 0.637. The average molecular weight is 416 g/mol. The fourth-order valence-electron chi connectivity index (χ4n) is 2.24. The predicted molar refractivity (Wildman–Crippen MR) is 103 cm³/mol. The first kappa shape index (κ1) is 20.0. The number of nitrogens with two attached hydrogens (primary N) is 1. The van der Waals surface area contributed by atoms with Crippen molar-refractivity contribution in [3.8, 4) is 17.7 Å². The highest BCUT2D eigenvalue weighted by atomic mass is 35.5. The van der Waals surface area contributed by atoms with E-state index in [0.29, 0.717) is 5.56 Å². The minimum atomic E-state index is -1.05. The Hall–Kier alpha value is -3.77. The zero-order valence-electron chi connectivity index (χ0n) is 14.8. The Morgan fingerprint density at radius 1 is 1.17 bits per heavy atom. The van der Waals surface area contributed by atoms with Crippen LogP contribution in [0.3, 0.4) is 0 Å². The summed E-state index contributed by atoms with van der Waals surface area (Å²) in [5, 5.41) is 2.52. The van der Waals surface area contributed by atoms with Crippen molar-refractivity contribution in [1.82, 2.24) is 15.0 Å². The number of halogens is 3. The lowest BCUT2D eigenvalue weighted by Crippen LogP contribution is -2.15. The van der Waals surface area contributed by atoms with Crippen molar-refractivity contribution in [1.29, 1.82) is 0 Å². The molecule has 0 unspecified atom stereocenters. The Bertz CT molecular complexity index is 1140. The summed E-state index contributed by atoms with van der Waals surface area (Å²) in [4.78, 5) is 23.8. The van der Waals surface area contributed by atoms with E-state index in [4.69, 9.17) is 22.1 Å². The molecule has 2 heterocycles. The van der Waals surface area contributed by atoms with Gasteiger partial charge < -0.3 is 15.8 Å². The second-order valence-electron chi connectivity index (χ2n) is 5.53. The van der Waals surface area contributed by atoms with Crippen LogP contribution in [0.5, 0.6) is 5.88 Å². The van der Waals surface area contributed by atoms with E-state index in [-0.39, 0.29) is 28.1 Å².